The number of pyridine rings is 1. The SMILES string of the molecule is CCNCc1ccccc1CN(CC(=O)Nc1ccc2c(c1)CC(=O)Nc1ncccc1C2)C(=O)C1(CC)CCN(C(C)=O)CC1. The molecule has 1 fully saturated rings. The Balaban J connectivity index is 1.37. The smallest absolute Gasteiger partial charge is 0.244 e. The van der Waals surface area contributed by atoms with Gasteiger partial charge < -0.3 is 25.8 Å². The molecule has 10 nitrogen and oxygen atoms in total. The molecule has 10 heteroatoms. The van der Waals surface area contributed by atoms with Gasteiger partial charge in [0.2, 0.25) is 23.6 Å². The van der Waals surface area contributed by atoms with Gasteiger partial charge in [0.25, 0.3) is 0 Å². The molecular formula is C36H44N6O4. The monoisotopic (exact) mass is 624 g/mol. The van der Waals surface area contributed by atoms with Crippen LogP contribution in [0.15, 0.2) is 60.8 Å². The van der Waals surface area contributed by atoms with Gasteiger partial charge in [-0.2, -0.15) is 0 Å². The normalized spacial score (nSPS) is 15.5. The van der Waals surface area contributed by atoms with Gasteiger partial charge in [0.05, 0.1) is 11.8 Å². The Hall–Kier alpha value is -4.57. The van der Waals surface area contributed by atoms with E-state index in [2.05, 4.69) is 20.9 Å². The van der Waals surface area contributed by atoms with Crippen molar-refractivity contribution in [2.45, 2.75) is 66.0 Å². The summed E-state index contributed by atoms with van der Waals surface area (Å²) in [4.78, 5) is 60.6. The first kappa shape index (κ1) is 32.8. The highest BCUT2D eigenvalue weighted by atomic mass is 16.2. The van der Waals surface area contributed by atoms with Crippen LogP contribution in [0.1, 0.15) is 67.9 Å². The van der Waals surface area contributed by atoms with E-state index in [0.717, 1.165) is 34.4 Å². The number of nitrogens with zero attached hydrogens (tertiary/aromatic N) is 3. The molecule has 242 valence electrons. The van der Waals surface area contributed by atoms with E-state index < -0.39 is 5.41 Å². The molecule has 4 amide bonds. The predicted molar refractivity (Wildman–Crippen MR) is 178 cm³/mol. The van der Waals surface area contributed by atoms with Crippen molar-refractivity contribution < 1.29 is 19.2 Å². The molecule has 0 saturated carbocycles. The van der Waals surface area contributed by atoms with E-state index in [1.54, 1.807) is 22.9 Å². The Kier molecular flexibility index (Phi) is 10.5. The van der Waals surface area contributed by atoms with Crippen molar-refractivity contribution in [3.8, 4) is 0 Å². The average Bonchev–Trinajstić information content (AvgIpc) is 3.04. The number of likely N-dealkylation sites (tertiary alicyclic amines) is 1. The second-order valence-electron chi connectivity index (χ2n) is 12.3. The lowest BCUT2D eigenvalue weighted by Gasteiger charge is -2.42. The van der Waals surface area contributed by atoms with Crippen molar-refractivity contribution in [1.82, 2.24) is 20.1 Å². The van der Waals surface area contributed by atoms with Crippen LogP contribution in [0.2, 0.25) is 0 Å². The van der Waals surface area contributed by atoms with Crippen molar-refractivity contribution in [2.75, 3.05) is 36.8 Å². The summed E-state index contributed by atoms with van der Waals surface area (Å²) >= 11 is 0. The molecule has 0 radical (unpaired) electrons. The number of aromatic nitrogens is 1. The molecule has 0 atom stereocenters. The van der Waals surface area contributed by atoms with E-state index in [4.69, 9.17) is 0 Å². The second-order valence-corrected chi connectivity index (χ2v) is 12.3. The Morgan fingerprint density at radius 2 is 1.72 bits per heavy atom. The zero-order valence-corrected chi connectivity index (χ0v) is 27.0. The standard InChI is InChI=1S/C36H44N6O4/c1-4-36(14-17-41(18-15-36)25(3)43)35(46)42(23-29-10-7-6-9-28(29)22-37-5-2)24-33(45)39-31-13-12-26-19-27-11-8-16-38-34(27)40-32(44)21-30(26)20-31/h6-13,16,20,37H,4-5,14-15,17-19,21-24H2,1-3H3,(H,39,45)(H,38,40,44). The molecular weight excluding hydrogens is 580 g/mol. The van der Waals surface area contributed by atoms with Crippen molar-refractivity contribution in [3.05, 3.63) is 88.6 Å². The lowest BCUT2D eigenvalue weighted by Crippen LogP contribution is -2.52. The van der Waals surface area contributed by atoms with Gasteiger partial charge >= 0.3 is 0 Å². The quantitative estimate of drug-likeness (QED) is 0.310. The first-order valence-electron chi connectivity index (χ1n) is 16.2. The van der Waals surface area contributed by atoms with Crippen LogP contribution in [0.4, 0.5) is 11.5 Å². The van der Waals surface area contributed by atoms with Crippen molar-refractivity contribution >= 4 is 35.1 Å². The molecule has 2 aliphatic rings. The van der Waals surface area contributed by atoms with Crippen LogP contribution in [0, 0.1) is 5.41 Å². The summed E-state index contributed by atoms with van der Waals surface area (Å²) in [6.45, 7) is 8.32. The van der Waals surface area contributed by atoms with Gasteiger partial charge in [-0.1, -0.05) is 50.2 Å². The number of rotatable bonds is 10. The van der Waals surface area contributed by atoms with Crippen molar-refractivity contribution in [3.63, 3.8) is 0 Å². The van der Waals surface area contributed by atoms with Gasteiger partial charge in [-0.05, 0) is 71.8 Å². The number of benzene rings is 2. The summed E-state index contributed by atoms with van der Waals surface area (Å²) in [6.07, 6.45) is 4.18. The fourth-order valence-corrected chi connectivity index (χ4v) is 6.52. The van der Waals surface area contributed by atoms with E-state index >= 15 is 0 Å². The number of hydrogen-bond acceptors (Lipinski definition) is 6. The van der Waals surface area contributed by atoms with Crippen LogP contribution in [0.5, 0.6) is 0 Å². The highest BCUT2D eigenvalue weighted by Crippen LogP contribution is 2.37. The summed E-state index contributed by atoms with van der Waals surface area (Å²) in [5.41, 5.74) is 4.74. The van der Waals surface area contributed by atoms with Crippen LogP contribution in [-0.4, -0.2) is 64.6 Å². The number of hydrogen-bond donors (Lipinski definition) is 3. The molecule has 2 aromatic carbocycles. The van der Waals surface area contributed by atoms with E-state index in [1.807, 2.05) is 68.4 Å². The van der Waals surface area contributed by atoms with Crippen LogP contribution >= 0.6 is 0 Å². The third kappa shape index (κ3) is 7.62. The molecule has 0 unspecified atom stereocenters. The summed E-state index contributed by atoms with van der Waals surface area (Å²) in [7, 11) is 0. The summed E-state index contributed by atoms with van der Waals surface area (Å²) in [5.74, 6) is 0.0474. The largest absolute Gasteiger partial charge is 0.343 e. The van der Waals surface area contributed by atoms with Crippen LogP contribution < -0.4 is 16.0 Å². The van der Waals surface area contributed by atoms with Gasteiger partial charge in [0.15, 0.2) is 0 Å². The third-order valence-electron chi connectivity index (χ3n) is 9.33. The zero-order chi connectivity index (χ0) is 32.7. The lowest BCUT2D eigenvalue weighted by molar-refractivity contribution is -0.150. The van der Waals surface area contributed by atoms with Gasteiger partial charge in [-0.25, -0.2) is 4.98 Å². The molecule has 0 spiro atoms. The van der Waals surface area contributed by atoms with Gasteiger partial charge in [0.1, 0.15) is 12.4 Å². The minimum atomic E-state index is -0.649. The van der Waals surface area contributed by atoms with E-state index in [9.17, 15) is 19.2 Å². The molecule has 0 bridgehead atoms. The first-order chi connectivity index (χ1) is 22.2. The number of piperidine rings is 1. The summed E-state index contributed by atoms with van der Waals surface area (Å²) in [5, 5.41) is 9.25. The highest BCUT2D eigenvalue weighted by Gasteiger charge is 2.43. The number of nitrogens with one attached hydrogen (secondary N) is 3. The Morgan fingerprint density at radius 1 is 0.957 bits per heavy atom. The molecule has 1 aromatic heterocycles. The molecule has 5 rings (SSSR count). The number of anilines is 2. The Labute approximate surface area is 271 Å². The van der Waals surface area contributed by atoms with Gasteiger partial charge in [-0.3, -0.25) is 19.2 Å². The van der Waals surface area contributed by atoms with E-state index in [-0.39, 0.29) is 36.6 Å². The maximum atomic E-state index is 14.4. The van der Waals surface area contributed by atoms with Gasteiger partial charge in [0, 0.05) is 51.4 Å². The lowest BCUT2D eigenvalue weighted by atomic mass is 9.74. The first-order valence-corrected chi connectivity index (χ1v) is 16.2. The van der Waals surface area contributed by atoms with Gasteiger partial charge in [-0.15, -0.1) is 0 Å². The fourth-order valence-electron chi connectivity index (χ4n) is 6.52. The highest BCUT2D eigenvalue weighted by molar-refractivity contribution is 5.96. The number of fused-ring (bicyclic) bond motifs is 2. The molecule has 46 heavy (non-hydrogen) atoms. The molecule has 3 aromatic rings. The number of amides is 4. The fraction of sp³-hybridized carbons (Fsp3) is 0.417. The Morgan fingerprint density at radius 3 is 2.43 bits per heavy atom. The summed E-state index contributed by atoms with van der Waals surface area (Å²) < 4.78 is 0. The molecule has 3 N–H and O–H groups in total. The minimum absolute atomic E-state index is 0.0143. The molecule has 2 aliphatic heterocycles. The molecule has 0 aliphatic carbocycles. The average molecular weight is 625 g/mol. The predicted octanol–water partition coefficient (Wildman–Crippen LogP) is 4.28. The third-order valence-corrected chi connectivity index (χ3v) is 9.33. The van der Waals surface area contributed by atoms with Crippen molar-refractivity contribution in [1.29, 1.82) is 0 Å². The van der Waals surface area contributed by atoms with Crippen LogP contribution in [0.3, 0.4) is 0 Å². The molecule has 1 saturated heterocycles. The topological polar surface area (TPSA) is 124 Å². The number of carbonyl (C=O) groups excluding carboxylic acids is 4. The zero-order valence-electron chi connectivity index (χ0n) is 27.0. The summed E-state index contributed by atoms with van der Waals surface area (Å²) in [6, 6.07) is 17.4. The second kappa shape index (κ2) is 14.7. The van der Waals surface area contributed by atoms with Crippen molar-refractivity contribution in [2.24, 2.45) is 5.41 Å². The maximum Gasteiger partial charge on any atom is 0.244 e. The van der Waals surface area contributed by atoms with Crippen LogP contribution in [-0.2, 0) is 45.1 Å². The van der Waals surface area contributed by atoms with E-state index in [1.165, 1.54) is 0 Å². The maximum absolute atomic E-state index is 14.4. The minimum Gasteiger partial charge on any atom is -0.343 e. The Bertz CT molecular complexity index is 1600. The van der Waals surface area contributed by atoms with E-state index in [0.29, 0.717) is 63.4 Å². The van der Waals surface area contributed by atoms with Crippen LogP contribution in [0.25, 0.3) is 0 Å². The number of carbonyl (C=O) groups is 4. The molecule has 3 heterocycles.